The molecule has 2 aliphatic heterocycles. The van der Waals surface area contributed by atoms with Crippen LogP contribution in [-0.4, -0.2) is 68.2 Å². The number of carbonyl (C=O) groups is 8. The monoisotopic (exact) mass is 790 g/mol. The van der Waals surface area contributed by atoms with Crippen LogP contribution in [0.25, 0.3) is 43.1 Å². The fourth-order valence-electron chi connectivity index (χ4n) is 6.44. The smallest absolute Gasteiger partial charge is 0.346 e. The molecule has 0 saturated carbocycles. The Balaban J connectivity index is 0.000000134. The molecule has 0 amide bonds. The first-order valence-electron chi connectivity index (χ1n) is 15.8. The topological polar surface area (TPSA) is 330 Å². The Labute approximate surface area is 314 Å². The van der Waals surface area contributed by atoms with Gasteiger partial charge < -0.3 is 38.7 Å². The van der Waals surface area contributed by atoms with Crippen molar-refractivity contribution >= 4 is 90.8 Å². The van der Waals surface area contributed by atoms with Crippen molar-refractivity contribution in [3.63, 3.8) is 0 Å². The number of fused-ring (bicyclic) bond motifs is 3. The van der Waals surface area contributed by atoms with Crippen LogP contribution in [0.15, 0.2) is 88.7 Å². The highest BCUT2D eigenvalue weighted by molar-refractivity contribution is 6.29. The molecule has 20 heteroatoms. The fourth-order valence-corrected chi connectivity index (χ4v) is 6.44. The lowest BCUT2D eigenvalue weighted by Crippen LogP contribution is -2.25. The zero-order valence-electron chi connectivity index (χ0n) is 28.1. The average molecular weight is 791 g/mol. The number of carboxylic acid groups (broad SMARTS) is 4. The second kappa shape index (κ2) is 13.4. The van der Waals surface area contributed by atoms with Gasteiger partial charge in [0, 0.05) is 21.5 Å². The normalized spacial score (nSPS) is 12.7. The van der Waals surface area contributed by atoms with Crippen LogP contribution in [0.5, 0.6) is 0 Å². The number of hydrogen-bond donors (Lipinski definition) is 4. The Bertz CT molecular complexity index is 2930. The lowest BCUT2D eigenvalue weighted by molar-refractivity contribution is 0.0366. The van der Waals surface area contributed by atoms with E-state index in [1.165, 1.54) is 24.3 Å². The molecule has 7 aromatic rings. The van der Waals surface area contributed by atoms with E-state index in [0.29, 0.717) is 0 Å². The van der Waals surface area contributed by atoms with Crippen LogP contribution in [0.1, 0.15) is 82.9 Å². The predicted molar refractivity (Wildman–Crippen MR) is 189 cm³/mol. The quantitative estimate of drug-likeness (QED) is 0.147. The third kappa shape index (κ3) is 5.81. The minimum absolute atomic E-state index is 0.0181. The maximum absolute atomic E-state index is 11.7. The molecule has 9 rings (SSSR count). The van der Waals surface area contributed by atoms with Gasteiger partial charge in [-0.2, -0.15) is 0 Å². The summed E-state index contributed by atoms with van der Waals surface area (Å²) in [5, 5.41) is 36.2. The maximum Gasteiger partial charge on any atom is 0.346 e. The van der Waals surface area contributed by atoms with Gasteiger partial charge in [0.1, 0.15) is 0 Å². The molecule has 0 spiro atoms. The van der Waals surface area contributed by atoms with E-state index < -0.39 is 103 Å². The number of aromatic carboxylic acids is 4. The molecule has 0 bridgehead atoms. The zero-order valence-corrected chi connectivity index (χ0v) is 28.1. The largest absolute Gasteiger partial charge is 0.478 e. The highest BCUT2D eigenvalue weighted by Crippen LogP contribution is 2.36. The molecule has 2 aliphatic rings. The van der Waals surface area contributed by atoms with Crippen LogP contribution in [0.3, 0.4) is 0 Å². The Morgan fingerprint density at radius 3 is 0.776 bits per heavy atom. The molecule has 0 aliphatic carbocycles. The summed E-state index contributed by atoms with van der Waals surface area (Å²) < 4.78 is 17.9. The molecule has 5 aromatic carbocycles. The summed E-state index contributed by atoms with van der Waals surface area (Å²) in [4.78, 5) is 137. The summed E-state index contributed by atoms with van der Waals surface area (Å²) in [5.74, 6) is -9.15. The SMILES string of the molecule is O=C(O)c1ccc(C(=O)O)c2c(C(=O)O)ccc(C(=O)O)c12.O=C1OC(=O)c2ccc3c4c(ccc1c24)C(=O)OC3=O.O=c1oc(=O)c2cc3c(=O)oc(=O)c3cc12. The molecule has 58 heavy (non-hydrogen) atoms. The van der Waals surface area contributed by atoms with Crippen molar-refractivity contribution in [2.45, 2.75) is 0 Å². The van der Waals surface area contributed by atoms with Crippen molar-refractivity contribution in [1.82, 2.24) is 0 Å². The number of carbonyl (C=O) groups excluding carboxylic acids is 4. The predicted octanol–water partition coefficient (Wildman–Crippen LogP) is 2.59. The first kappa shape index (κ1) is 37.4. The molecule has 0 radical (unpaired) electrons. The molecule has 4 heterocycles. The minimum Gasteiger partial charge on any atom is -0.478 e. The van der Waals surface area contributed by atoms with Crippen molar-refractivity contribution in [3.05, 3.63) is 147 Å². The summed E-state index contributed by atoms with van der Waals surface area (Å²) in [6.07, 6.45) is 0. The van der Waals surface area contributed by atoms with Crippen LogP contribution in [0, 0.1) is 0 Å². The highest BCUT2D eigenvalue weighted by Gasteiger charge is 2.35. The third-order valence-corrected chi connectivity index (χ3v) is 8.90. The number of carboxylic acids is 4. The first-order valence-corrected chi connectivity index (χ1v) is 15.8. The molecule has 20 nitrogen and oxygen atoms in total. The average Bonchev–Trinajstić information content (AvgIpc) is 3.62. The fraction of sp³-hybridized carbons (Fsp3) is 0. The molecular weight excluding hydrogens is 776 g/mol. The summed E-state index contributed by atoms with van der Waals surface area (Å²) in [5.41, 5.74) is -4.62. The number of cyclic esters (lactones) is 4. The van der Waals surface area contributed by atoms with E-state index in [9.17, 15) is 57.5 Å². The van der Waals surface area contributed by atoms with Crippen molar-refractivity contribution in [3.8, 4) is 0 Å². The van der Waals surface area contributed by atoms with Crippen LogP contribution in [-0.2, 0) is 9.47 Å². The molecule has 286 valence electrons. The van der Waals surface area contributed by atoms with E-state index in [-0.39, 0.29) is 54.6 Å². The van der Waals surface area contributed by atoms with Gasteiger partial charge in [-0.1, -0.05) is 0 Å². The van der Waals surface area contributed by atoms with Crippen LogP contribution >= 0.6 is 0 Å². The third-order valence-electron chi connectivity index (χ3n) is 8.90. The van der Waals surface area contributed by atoms with Gasteiger partial charge in [0.15, 0.2) is 0 Å². The van der Waals surface area contributed by atoms with Gasteiger partial charge in [0.2, 0.25) is 0 Å². The van der Waals surface area contributed by atoms with E-state index in [4.69, 9.17) is 20.4 Å². The lowest BCUT2D eigenvalue weighted by atomic mass is 9.89. The Kier molecular flexibility index (Phi) is 8.65. The van der Waals surface area contributed by atoms with Crippen LogP contribution in [0.4, 0.5) is 0 Å². The van der Waals surface area contributed by atoms with Crippen molar-refractivity contribution in [1.29, 1.82) is 0 Å². The van der Waals surface area contributed by atoms with Gasteiger partial charge >= 0.3 is 70.3 Å². The van der Waals surface area contributed by atoms with Crippen molar-refractivity contribution in [2.24, 2.45) is 0 Å². The summed E-state index contributed by atoms with van der Waals surface area (Å²) >= 11 is 0. The van der Waals surface area contributed by atoms with Gasteiger partial charge in [-0.3, -0.25) is 0 Å². The molecule has 2 aromatic heterocycles. The van der Waals surface area contributed by atoms with Crippen LogP contribution < -0.4 is 22.5 Å². The minimum atomic E-state index is -1.49. The van der Waals surface area contributed by atoms with E-state index in [2.05, 4.69) is 18.3 Å². The van der Waals surface area contributed by atoms with E-state index >= 15 is 0 Å². The number of furan rings is 2. The van der Waals surface area contributed by atoms with Gasteiger partial charge in [-0.05, 0) is 60.7 Å². The maximum atomic E-state index is 11.7. The van der Waals surface area contributed by atoms with Gasteiger partial charge in [-0.15, -0.1) is 0 Å². The van der Waals surface area contributed by atoms with Gasteiger partial charge in [0.05, 0.1) is 66.1 Å². The molecule has 0 atom stereocenters. The van der Waals surface area contributed by atoms with Crippen molar-refractivity contribution in [2.75, 3.05) is 0 Å². The summed E-state index contributed by atoms with van der Waals surface area (Å²) in [6, 6.07) is 11.6. The molecular formula is C38H14O20. The molecule has 0 unspecified atom stereocenters. The molecule has 4 N–H and O–H groups in total. The van der Waals surface area contributed by atoms with E-state index in [0.717, 1.165) is 36.4 Å². The number of ether oxygens (including phenoxy) is 2. The second-order valence-corrected chi connectivity index (χ2v) is 12.0. The first-order chi connectivity index (χ1) is 27.4. The number of hydrogen-bond acceptors (Lipinski definition) is 16. The summed E-state index contributed by atoms with van der Waals surface area (Å²) in [6.45, 7) is 0. The van der Waals surface area contributed by atoms with Crippen molar-refractivity contribution < 1.29 is 77.1 Å². The van der Waals surface area contributed by atoms with E-state index in [1.807, 2.05) is 0 Å². The number of rotatable bonds is 4. The Morgan fingerprint density at radius 1 is 0.345 bits per heavy atom. The highest BCUT2D eigenvalue weighted by atomic mass is 16.6. The van der Waals surface area contributed by atoms with E-state index in [1.54, 1.807) is 0 Å². The lowest BCUT2D eigenvalue weighted by Gasteiger charge is -2.21. The number of esters is 4. The summed E-state index contributed by atoms with van der Waals surface area (Å²) in [7, 11) is 0. The number of benzene rings is 5. The Hall–Kier alpha value is -8.94. The van der Waals surface area contributed by atoms with Gasteiger partial charge in [-0.25, -0.2) is 57.5 Å². The zero-order chi connectivity index (χ0) is 42.1. The second-order valence-electron chi connectivity index (χ2n) is 12.0. The van der Waals surface area contributed by atoms with Gasteiger partial charge in [0.25, 0.3) is 0 Å². The van der Waals surface area contributed by atoms with Crippen LogP contribution in [0.2, 0.25) is 0 Å². The molecule has 0 fully saturated rings. The Morgan fingerprint density at radius 2 is 0.569 bits per heavy atom. The standard InChI is InChI=1S/C14H8O8.C14H4O6.C10H2O6/c15-11(16)5-1-2-6(12(17)18)10-8(14(21)22)4-3-7(9(5)10)13(19)20;15-11-5-1-2-6-10-8(14(18)20-12(6)16)4-3-7(9(5)10)13(17)19-11;11-7-3-1-4-6(10(14)16-8(4)12)2-5(3)9(13)15-7/h1-4H,(H,15,16)(H,17,18)(H,19,20)(H,21,22);1-4H;1-2H. The molecule has 0 saturated heterocycles.